The van der Waals surface area contributed by atoms with Crippen LogP contribution in [0.3, 0.4) is 0 Å². The molecule has 0 atom stereocenters. The van der Waals surface area contributed by atoms with Crippen LogP contribution in [-0.2, 0) is 0 Å². The van der Waals surface area contributed by atoms with E-state index < -0.39 is 17.7 Å². The fourth-order valence-electron chi connectivity index (χ4n) is 4.06. The summed E-state index contributed by atoms with van der Waals surface area (Å²) in [6.45, 7) is 1.06. The number of carbonyl (C=O) groups excluding carboxylic acids is 1. The lowest BCUT2D eigenvalue weighted by Crippen LogP contribution is -2.34. The molecule has 0 saturated heterocycles. The second kappa shape index (κ2) is 11.5. The lowest BCUT2D eigenvalue weighted by molar-refractivity contribution is 0.252. The average Bonchev–Trinajstić information content (AvgIpc) is 2.88. The molecule has 36 heavy (non-hydrogen) atoms. The maximum absolute atomic E-state index is 14.7. The van der Waals surface area contributed by atoms with E-state index in [9.17, 15) is 13.6 Å². The summed E-state index contributed by atoms with van der Waals surface area (Å²) in [5.74, 6) is 4.59. The zero-order chi connectivity index (χ0) is 25.7. The summed E-state index contributed by atoms with van der Waals surface area (Å²) in [6.07, 6.45) is 0. The molecule has 1 heterocycles. The normalized spacial score (nSPS) is 10.9. The number of amides is 2. The summed E-state index contributed by atoms with van der Waals surface area (Å²) in [5.41, 5.74) is 5.96. The molecule has 0 aliphatic carbocycles. The van der Waals surface area contributed by atoms with Gasteiger partial charge in [-0.25, -0.2) is 24.4 Å². The first-order chi connectivity index (χ1) is 17.4. The minimum Gasteiger partial charge on any atom is -0.369 e. The molecule has 2 amide bonds. The van der Waals surface area contributed by atoms with Crippen LogP contribution < -0.4 is 21.5 Å². The number of anilines is 2. The minimum atomic E-state index is -0.718. The third-order valence-electron chi connectivity index (χ3n) is 5.65. The van der Waals surface area contributed by atoms with Gasteiger partial charge in [-0.2, -0.15) is 0 Å². The molecule has 4 aromatic rings. The summed E-state index contributed by atoms with van der Waals surface area (Å²) >= 11 is 12.2. The number of hydrogen-bond acceptors (Lipinski definition) is 4. The van der Waals surface area contributed by atoms with Gasteiger partial charge in [-0.05, 0) is 48.0 Å². The quantitative estimate of drug-likeness (QED) is 0.111. The molecule has 0 saturated carbocycles. The van der Waals surface area contributed by atoms with E-state index in [4.69, 9.17) is 29.0 Å². The van der Waals surface area contributed by atoms with Gasteiger partial charge >= 0.3 is 6.03 Å². The van der Waals surface area contributed by atoms with E-state index >= 15 is 0 Å². The standard InChI is InChI=1S/C26H23Cl2F2N5O/c27-9-11-35(12-10-28)25-8-6-17(32-26(36)34-31)14-21(25)20-15-24(19-7-5-16(29)13-22(19)30)33-23-4-2-1-3-18(20)23/h1-8,13-15H,9-12,31H2,(H2,32,34,36). The molecule has 0 spiro atoms. The highest BCUT2D eigenvalue weighted by Gasteiger charge is 2.19. The Labute approximate surface area is 217 Å². The van der Waals surface area contributed by atoms with Gasteiger partial charge in [-0.3, -0.25) is 5.43 Å². The summed E-state index contributed by atoms with van der Waals surface area (Å²) in [5, 5.41) is 3.49. The zero-order valence-electron chi connectivity index (χ0n) is 19.1. The predicted octanol–water partition coefficient (Wildman–Crippen LogP) is 6.13. The summed E-state index contributed by atoms with van der Waals surface area (Å²) in [7, 11) is 0. The van der Waals surface area contributed by atoms with Crippen molar-refractivity contribution >= 4 is 51.5 Å². The number of hydrogen-bond donors (Lipinski definition) is 3. The number of alkyl halides is 2. The maximum atomic E-state index is 14.7. The van der Waals surface area contributed by atoms with Crippen molar-refractivity contribution in [3.05, 3.63) is 78.4 Å². The number of aromatic nitrogens is 1. The second-order valence-corrected chi connectivity index (χ2v) is 8.65. The Morgan fingerprint density at radius 1 is 0.917 bits per heavy atom. The van der Waals surface area contributed by atoms with Gasteiger partial charge in [0, 0.05) is 58.8 Å². The molecule has 10 heteroatoms. The minimum absolute atomic E-state index is 0.167. The third-order valence-corrected chi connectivity index (χ3v) is 5.99. The largest absolute Gasteiger partial charge is 0.369 e. The zero-order valence-corrected chi connectivity index (χ0v) is 20.6. The van der Waals surface area contributed by atoms with Gasteiger partial charge in [0.15, 0.2) is 0 Å². The summed E-state index contributed by atoms with van der Waals surface area (Å²) in [6, 6.07) is 17.4. The highest BCUT2D eigenvalue weighted by molar-refractivity contribution is 6.18. The molecule has 6 nitrogen and oxygen atoms in total. The number of fused-ring (bicyclic) bond motifs is 1. The number of pyridine rings is 1. The van der Waals surface area contributed by atoms with Crippen LogP contribution in [0.2, 0.25) is 0 Å². The fourth-order valence-corrected chi connectivity index (χ4v) is 4.47. The highest BCUT2D eigenvalue weighted by Crippen LogP contribution is 2.39. The van der Waals surface area contributed by atoms with Crippen molar-refractivity contribution in [1.82, 2.24) is 10.4 Å². The molecule has 0 aliphatic rings. The lowest BCUT2D eigenvalue weighted by atomic mass is 9.95. The number of nitrogens with one attached hydrogen (secondary N) is 2. The Morgan fingerprint density at radius 2 is 1.67 bits per heavy atom. The van der Waals surface area contributed by atoms with E-state index in [-0.39, 0.29) is 5.56 Å². The van der Waals surface area contributed by atoms with E-state index in [2.05, 4.69) is 10.3 Å². The number of urea groups is 1. The smallest absolute Gasteiger partial charge is 0.333 e. The SMILES string of the molecule is NNC(=O)Nc1ccc(N(CCCl)CCCl)c(-c2cc(-c3ccc(F)cc3F)nc3ccccc23)c1. The molecule has 4 N–H and O–H groups in total. The van der Waals surface area contributed by atoms with Gasteiger partial charge in [-0.15, -0.1) is 23.2 Å². The summed E-state index contributed by atoms with van der Waals surface area (Å²) in [4.78, 5) is 18.6. The number of hydrazine groups is 1. The van der Waals surface area contributed by atoms with Gasteiger partial charge in [0.1, 0.15) is 11.6 Å². The maximum Gasteiger partial charge on any atom is 0.333 e. The van der Waals surface area contributed by atoms with Crippen molar-refractivity contribution in [2.75, 3.05) is 35.1 Å². The van der Waals surface area contributed by atoms with Crippen LogP contribution >= 0.6 is 23.2 Å². The monoisotopic (exact) mass is 529 g/mol. The van der Waals surface area contributed by atoms with Crippen molar-refractivity contribution in [3.8, 4) is 22.4 Å². The number of nitrogens with two attached hydrogens (primary N) is 1. The Kier molecular flexibility index (Phi) is 8.20. The van der Waals surface area contributed by atoms with Gasteiger partial charge in [-0.1, -0.05) is 18.2 Å². The first kappa shape index (κ1) is 25.6. The lowest BCUT2D eigenvalue weighted by Gasteiger charge is -2.27. The second-order valence-electron chi connectivity index (χ2n) is 7.89. The van der Waals surface area contributed by atoms with E-state index in [0.717, 1.165) is 28.3 Å². The van der Waals surface area contributed by atoms with Crippen LogP contribution in [0.25, 0.3) is 33.3 Å². The molecule has 3 aromatic carbocycles. The molecule has 0 fully saturated rings. The molecular formula is C26H23Cl2F2N5O. The van der Waals surface area contributed by atoms with Crippen molar-refractivity contribution in [2.45, 2.75) is 0 Å². The number of para-hydroxylation sites is 1. The van der Waals surface area contributed by atoms with E-state index in [1.54, 1.807) is 18.2 Å². The van der Waals surface area contributed by atoms with Crippen LogP contribution in [0, 0.1) is 11.6 Å². The number of carbonyl (C=O) groups is 1. The van der Waals surface area contributed by atoms with Gasteiger partial charge < -0.3 is 10.2 Å². The highest BCUT2D eigenvalue weighted by atomic mass is 35.5. The van der Waals surface area contributed by atoms with Crippen LogP contribution in [0.1, 0.15) is 0 Å². The van der Waals surface area contributed by atoms with E-state index in [1.165, 1.54) is 12.1 Å². The van der Waals surface area contributed by atoms with E-state index in [0.29, 0.717) is 41.7 Å². The molecule has 0 radical (unpaired) electrons. The number of benzene rings is 3. The molecule has 0 unspecified atom stereocenters. The Balaban J connectivity index is 2.00. The van der Waals surface area contributed by atoms with Gasteiger partial charge in [0.05, 0.1) is 11.2 Å². The topological polar surface area (TPSA) is 83.3 Å². The van der Waals surface area contributed by atoms with Crippen molar-refractivity contribution in [3.63, 3.8) is 0 Å². The summed E-state index contributed by atoms with van der Waals surface area (Å²) < 4.78 is 28.3. The van der Waals surface area contributed by atoms with Crippen molar-refractivity contribution in [2.24, 2.45) is 5.84 Å². The van der Waals surface area contributed by atoms with Gasteiger partial charge in [0.2, 0.25) is 0 Å². The predicted molar refractivity (Wildman–Crippen MR) is 143 cm³/mol. The number of rotatable bonds is 8. The van der Waals surface area contributed by atoms with Crippen LogP contribution in [-0.4, -0.2) is 35.9 Å². The van der Waals surface area contributed by atoms with Crippen LogP contribution in [0.5, 0.6) is 0 Å². The Bertz CT molecular complexity index is 1400. The number of halogens is 4. The molecule has 0 bridgehead atoms. The molecule has 4 rings (SSSR count). The first-order valence-corrected chi connectivity index (χ1v) is 12.2. The molecular weight excluding hydrogens is 507 g/mol. The average molecular weight is 530 g/mol. The molecule has 1 aromatic heterocycles. The fraction of sp³-hybridized carbons (Fsp3) is 0.154. The van der Waals surface area contributed by atoms with Gasteiger partial charge in [0.25, 0.3) is 0 Å². The van der Waals surface area contributed by atoms with Crippen LogP contribution in [0.15, 0.2) is 66.7 Å². The van der Waals surface area contributed by atoms with Crippen molar-refractivity contribution in [1.29, 1.82) is 0 Å². The molecule has 0 aliphatic heterocycles. The third kappa shape index (κ3) is 5.51. The first-order valence-electron chi connectivity index (χ1n) is 11.1. The van der Waals surface area contributed by atoms with Crippen LogP contribution in [0.4, 0.5) is 25.0 Å². The Hall–Kier alpha value is -3.46. The number of nitrogens with zero attached hydrogens (tertiary/aromatic N) is 2. The Morgan fingerprint density at radius 3 is 2.36 bits per heavy atom. The van der Waals surface area contributed by atoms with E-state index in [1.807, 2.05) is 40.7 Å². The van der Waals surface area contributed by atoms with Crippen molar-refractivity contribution < 1.29 is 13.6 Å². The molecule has 186 valence electrons.